The molecule has 0 saturated carbocycles. The number of hydrogen-bond donors (Lipinski definition) is 2. The Bertz CT molecular complexity index is 634. The van der Waals surface area contributed by atoms with Gasteiger partial charge in [0.25, 0.3) is 5.91 Å². The van der Waals surface area contributed by atoms with Crippen molar-refractivity contribution in [1.29, 1.82) is 0 Å². The third kappa shape index (κ3) is 3.03. The number of nitrogen functional groups attached to an aromatic ring is 1. The molecule has 0 aliphatic carbocycles. The lowest BCUT2D eigenvalue weighted by atomic mass is 10.0. The summed E-state index contributed by atoms with van der Waals surface area (Å²) in [5, 5.41) is 2.97. The Morgan fingerprint density at radius 2 is 2.10 bits per heavy atom. The molecular weight excluding hydrogens is 266 g/mol. The third-order valence-electron chi connectivity index (χ3n) is 3.57. The largest absolute Gasteiger partial charge is 0.397 e. The van der Waals surface area contributed by atoms with Crippen molar-refractivity contribution in [3.8, 4) is 11.1 Å². The first-order chi connectivity index (χ1) is 10.2. The molecule has 2 aromatic rings. The number of nitrogens with zero attached hydrogens (tertiary/aromatic N) is 1. The molecule has 1 aliphatic heterocycles. The molecular formula is C16H17N3O2. The highest BCUT2D eigenvalue weighted by molar-refractivity contribution is 5.95. The number of ether oxygens (including phenoxy) is 1. The summed E-state index contributed by atoms with van der Waals surface area (Å²) < 4.78 is 5.25. The molecule has 1 aromatic carbocycles. The first-order valence-electron chi connectivity index (χ1n) is 6.92. The fourth-order valence-electron chi connectivity index (χ4n) is 2.39. The van der Waals surface area contributed by atoms with E-state index < -0.39 is 0 Å². The Labute approximate surface area is 123 Å². The van der Waals surface area contributed by atoms with Crippen molar-refractivity contribution >= 4 is 11.6 Å². The van der Waals surface area contributed by atoms with Crippen molar-refractivity contribution in [1.82, 2.24) is 10.3 Å². The maximum Gasteiger partial charge on any atom is 0.251 e. The van der Waals surface area contributed by atoms with Gasteiger partial charge in [-0.1, -0.05) is 12.1 Å². The number of nitrogens with one attached hydrogen (secondary N) is 1. The molecule has 1 aromatic heterocycles. The second-order valence-corrected chi connectivity index (χ2v) is 5.07. The van der Waals surface area contributed by atoms with Crippen molar-refractivity contribution in [2.75, 3.05) is 18.9 Å². The van der Waals surface area contributed by atoms with E-state index >= 15 is 0 Å². The van der Waals surface area contributed by atoms with Gasteiger partial charge in [0.2, 0.25) is 0 Å². The van der Waals surface area contributed by atoms with Gasteiger partial charge in [-0.3, -0.25) is 9.78 Å². The smallest absolute Gasteiger partial charge is 0.251 e. The molecule has 1 saturated heterocycles. The standard InChI is InChI=1S/C16H17N3O2/c17-15-9-18-7-5-14(15)11-1-3-12(4-2-11)16(20)19-13-6-8-21-10-13/h1-5,7,9,13H,6,8,10,17H2,(H,19,20)/t13-/m0/s1. The first kappa shape index (κ1) is 13.6. The van der Waals surface area contributed by atoms with Gasteiger partial charge in [0.05, 0.1) is 24.5 Å². The second kappa shape index (κ2) is 5.93. The number of carbonyl (C=O) groups is 1. The van der Waals surface area contributed by atoms with Crippen molar-refractivity contribution < 1.29 is 9.53 Å². The predicted molar refractivity (Wildman–Crippen MR) is 80.8 cm³/mol. The maximum absolute atomic E-state index is 12.1. The molecule has 3 rings (SSSR count). The summed E-state index contributed by atoms with van der Waals surface area (Å²) in [4.78, 5) is 16.1. The predicted octanol–water partition coefficient (Wildman–Crippen LogP) is 1.85. The highest BCUT2D eigenvalue weighted by Gasteiger charge is 2.18. The zero-order valence-electron chi connectivity index (χ0n) is 11.6. The summed E-state index contributed by atoms with van der Waals surface area (Å²) in [5.74, 6) is -0.0697. The average Bonchev–Trinajstić information content (AvgIpc) is 3.01. The van der Waals surface area contributed by atoms with E-state index in [1.807, 2.05) is 18.2 Å². The summed E-state index contributed by atoms with van der Waals surface area (Å²) in [5.41, 5.74) is 9.05. The van der Waals surface area contributed by atoms with Crippen molar-refractivity contribution in [3.63, 3.8) is 0 Å². The van der Waals surface area contributed by atoms with E-state index in [9.17, 15) is 4.79 Å². The number of benzene rings is 1. The zero-order valence-corrected chi connectivity index (χ0v) is 11.6. The van der Waals surface area contributed by atoms with Crippen molar-refractivity contribution in [3.05, 3.63) is 48.3 Å². The SMILES string of the molecule is Nc1cnccc1-c1ccc(C(=O)N[C@H]2CCOC2)cc1. The molecule has 3 N–H and O–H groups in total. The Morgan fingerprint density at radius 1 is 1.29 bits per heavy atom. The number of amides is 1. The molecule has 5 nitrogen and oxygen atoms in total. The Morgan fingerprint density at radius 3 is 2.76 bits per heavy atom. The van der Waals surface area contributed by atoms with Crippen LogP contribution in [0.1, 0.15) is 16.8 Å². The number of hydrogen-bond acceptors (Lipinski definition) is 4. The van der Waals surface area contributed by atoms with Crippen LogP contribution in [0.25, 0.3) is 11.1 Å². The van der Waals surface area contributed by atoms with Crippen LogP contribution < -0.4 is 11.1 Å². The van der Waals surface area contributed by atoms with Gasteiger partial charge < -0.3 is 15.8 Å². The van der Waals surface area contributed by atoms with E-state index in [4.69, 9.17) is 10.5 Å². The molecule has 1 fully saturated rings. The van der Waals surface area contributed by atoms with E-state index in [0.717, 1.165) is 17.5 Å². The molecule has 21 heavy (non-hydrogen) atoms. The Balaban J connectivity index is 1.74. The number of nitrogens with two attached hydrogens (primary N) is 1. The lowest BCUT2D eigenvalue weighted by molar-refractivity contribution is 0.0930. The minimum absolute atomic E-state index is 0.0697. The number of carbonyl (C=O) groups excluding carboxylic acids is 1. The van der Waals surface area contributed by atoms with Crippen molar-refractivity contribution in [2.45, 2.75) is 12.5 Å². The van der Waals surface area contributed by atoms with Gasteiger partial charge in [0, 0.05) is 23.9 Å². The topological polar surface area (TPSA) is 77.2 Å². The molecule has 1 amide bonds. The van der Waals surface area contributed by atoms with Gasteiger partial charge in [0.15, 0.2) is 0 Å². The van der Waals surface area contributed by atoms with E-state index in [0.29, 0.717) is 24.5 Å². The second-order valence-electron chi connectivity index (χ2n) is 5.07. The zero-order chi connectivity index (χ0) is 14.7. The minimum Gasteiger partial charge on any atom is -0.397 e. The monoisotopic (exact) mass is 283 g/mol. The van der Waals surface area contributed by atoms with E-state index in [1.165, 1.54) is 0 Å². The van der Waals surface area contributed by atoms with Crippen LogP contribution in [0.5, 0.6) is 0 Å². The number of pyridine rings is 1. The molecule has 5 heteroatoms. The van der Waals surface area contributed by atoms with Crippen LogP contribution in [0.15, 0.2) is 42.7 Å². The van der Waals surface area contributed by atoms with Crippen molar-refractivity contribution in [2.24, 2.45) is 0 Å². The molecule has 2 heterocycles. The van der Waals surface area contributed by atoms with E-state index in [-0.39, 0.29) is 11.9 Å². The van der Waals surface area contributed by atoms with Gasteiger partial charge >= 0.3 is 0 Å². The molecule has 0 bridgehead atoms. The summed E-state index contributed by atoms with van der Waals surface area (Å²) in [6.45, 7) is 1.31. The molecule has 1 aliphatic rings. The van der Waals surface area contributed by atoms with Crippen LogP contribution in [-0.4, -0.2) is 30.1 Å². The van der Waals surface area contributed by atoms with Crippen LogP contribution in [0, 0.1) is 0 Å². The summed E-state index contributed by atoms with van der Waals surface area (Å²) >= 11 is 0. The van der Waals surface area contributed by atoms with Crippen LogP contribution in [0.2, 0.25) is 0 Å². The van der Waals surface area contributed by atoms with Gasteiger partial charge in [-0.25, -0.2) is 0 Å². The molecule has 0 spiro atoms. The average molecular weight is 283 g/mol. The molecule has 0 radical (unpaired) electrons. The van der Waals surface area contributed by atoms with E-state index in [1.54, 1.807) is 24.5 Å². The van der Waals surface area contributed by atoms with Crippen LogP contribution in [0.4, 0.5) is 5.69 Å². The Hall–Kier alpha value is -2.40. The number of aromatic nitrogens is 1. The normalized spacial score (nSPS) is 17.6. The molecule has 1 atom stereocenters. The fraction of sp³-hybridized carbons (Fsp3) is 0.250. The third-order valence-corrected chi connectivity index (χ3v) is 3.57. The first-order valence-corrected chi connectivity index (χ1v) is 6.92. The lowest BCUT2D eigenvalue weighted by Crippen LogP contribution is -2.34. The van der Waals surface area contributed by atoms with Crippen LogP contribution >= 0.6 is 0 Å². The van der Waals surface area contributed by atoms with Gasteiger partial charge in [0.1, 0.15) is 0 Å². The highest BCUT2D eigenvalue weighted by Crippen LogP contribution is 2.24. The minimum atomic E-state index is -0.0697. The maximum atomic E-state index is 12.1. The van der Waals surface area contributed by atoms with Gasteiger partial charge in [-0.15, -0.1) is 0 Å². The van der Waals surface area contributed by atoms with E-state index in [2.05, 4.69) is 10.3 Å². The summed E-state index contributed by atoms with van der Waals surface area (Å²) in [6, 6.07) is 9.38. The highest BCUT2D eigenvalue weighted by atomic mass is 16.5. The quantitative estimate of drug-likeness (QED) is 0.901. The fourth-order valence-corrected chi connectivity index (χ4v) is 2.39. The summed E-state index contributed by atoms with van der Waals surface area (Å²) in [6.07, 6.45) is 4.19. The van der Waals surface area contributed by atoms with Crippen LogP contribution in [-0.2, 0) is 4.74 Å². The molecule has 0 unspecified atom stereocenters. The van der Waals surface area contributed by atoms with Gasteiger partial charge in [-0.2, -0.15) is 0 Å². The number of rotatable bonds is 3. The van der Waals surface area contributed by atoms with Gasteiger partial charge in [-0.05, 0) is 30.2 Å². The summed E-state index contributed by atoms with van der Waals surface area (Å²) in [7, 11) is 0. The molecule has 108 valence electrons. The number of anilines is 1. The lowest BCUT2D eigenvalue weighted by Gasteiger charge is -2.11. The Kier molecular flexibility index (Phi) is 3.83. The van der Waals surface area contributed by atoms with Crippen LogP contribution in [0.3, 0.4) is 0 Å².